The summed E-state index contributed by atoms with van der Waals surface area (Å²) in [7, 11) is 0. The normalized spacial score (nSPS) is 12.6. The molecule has 20 nitrogen and oxygen atoms in total. The van der Waals surface area contributed by atoms with Crippen molar-refractivity contribution in [1.29, 1.82) is 5.41 Å². The van der Waals surface area contributed by atoms with Crippen LogP contribution in [-0.4, -0.2) is 90.4 Å². The summed E-state index contributed by atoms with van der Waals surface area (Å²) in [6.45, 7) is 2.27. The number of nitrogens with two attached hydrogens (primary N) is 2. The van der Waals surface area contributed by atoms with E-state index in [2.05, 4.69) is 46.5 Å². The van der Waals surface area contributed by atoms with Crippen LogP contribution in [0.1, 0.15) is 55.1 Å². The van der Waals surface area contributed by atoms with Crippen LogP contribution in [0.15, 0.2) is 35.3 Å². The molecule has 1 unspecified atom stereocenters. The minimum absolute atomic E-state index is 0.0222. The molecule has 0 aliphatic heterocycles. The summed E-state index contributed by atoms with van der Waals surface area (Å²) in [4.78, 5) is 87.9. The minimum atomic E-state index is -1.47. The highest BCUT2D eigenvalue weighted by molar-refractivity contribution is 5.97. The summed E-state index contributed by atoms with van der Waals surface area (Å²) in [5, 5.41) is 39.0. The Morgan fingerprint density at radius 2 is 1.71 bits per heavy atom. The van der Waals surface area contributed by atoms with Gasteiger partial charge in [0.2, 0.25) is 17.8 Å². The highest BCUT2D eigenvalue weighted by atomic mass is 16.4. The van der Waals surface area contributed by atoms with Crippen LogP contribution >= 0.6 is 0 Å². The predicted molar refractivity (Wildman–Crippen MR) is 175 cm³/mol. The molecule has 20 heteroatoms. The van der Waals surface area contributed by atoms with Crippen LogP contribution < -0.4 is 43.6 Å². The lowest BCUT2D eigenvalue weighted by molar-refractivity contribution is -0.140. The molecule has 3 atom stereocenters. The number of H-pyrrole nitrogens is 1. The number of nitrogens with one attached hydrogen (secondary N) is 7. The fourth-order valence-electron chi connectivity index (χ4n) is 4.46. The van der Waals surface area contributed by atoms with Gasteiger partial charge in [-0.15, -0.1) is 0 Å². The van der Waals surface area contributed by atoms with Crippen LogP contribution in [0.5, 0.6) is 0 Å². The number of carboxylic acids is 2. The molecule has 2 heterocycles. The molecule has 3 aromatic rings. The van der Waals surface area contributed by atoms with Crippen molar-refractivity contribution in [3.63, 3.8) is 0 Å². The molecule has 3 amide bonds. The zero-order chi connectivity index (χ0) is 36.1. The monoisotopic (exact) mass is 682 g/mol. The smallest absolute Gasteiger partial charge is 0.326 e. The molecule has 0 fully saturated rings. The Kier molecular flexibility index (Phi) is 13.3. The van der Waals surface area contributed by atoms with Gasteiger partial charge in [-0.3, -0.25) is 34.4 Å². The van der Waals surface area contributed by atoms with Crippen molar-refractivity contribution >= 4 is 58.4 Å². The molecule has 3 rings (SSSR count). The van der Waals surface area contributed by atoms with Crippen molar-refractivity contribution in [2.24, 2.45) is 5.73 Å². The molecule has 262 valence electrons. The van der Waals surface area contributed by atoms with Crippen molar-refractivity contribution < 1.29 is 34.2 Å². The third-order valence-corrected chi connectivity index (χ3v) is 6.92. The summed E-state index contributed by atoms with van der Waals surface area (Å²) in [6.07, 6.45) is 0.992. The first-order chi connectivity index (χ1) is 23.2. The van der Waals surface area contributed by atoms with Gasteiger partial charge in [-0.2, -0.15) is 4.98 Å². The molecule has 0 spiro atoms. The summed E-state index contributed by atoms with van der Waals surface area (Å²) in [6, 6.07) is 2.77. The van der Waals surface area contributed by atoms with E-state index >= 15 is 0 Å². The molecular formula is C29H38N12O8. The Hall–Kier alpha value is -6.34. The quantitative estimate of drug-likeness (QED) is 0.0417. The van der Waals surface area contributed by atoms with Gasteiger partial charge in [0.25, 0.3) is 11.5 Å². The highest BCUT2D eigenvalue weighted by Crippen LogP contribution is 2.12. The second-order valence-corrected chi connectivity index (χ2v) is 10.9. The zero-order valence-corrected chi connectivity index (χ0v) is 26.4. The molecule has 0 saturated heterocycles. The lowest BCUT2D eigenvalue weighted by atomic mass is 10.1. The fourth-order valence-corrected chi connectivity index (χ4v) is 4.46. The van der Waals surface area contributed by atoms with Crippen molar-refractivity contribution in [3.8, 4) is 0 Å². The van der Waals surface area contributed by atoms with E-state index in [-0.39, 0.29) is 47.6 Å². The Labute approximate surface area is 278 Å². The Morgan fingerprint density at radius 1 is 1.00 bits per heavy atom. The van der Waals surface area contributed by atoms with Crippen LogP contribution in [0.4, 0.5) is 11.6 Å². The number of aliphatic carboxylic acids is 2. The molecule has 0 saturated carbocycles. The Balaban J connectivity index is 1.51. The van der Waals surface area contributed by atoms with Gasteiger partial charge in [-0.05, 0) is 50.5 Å². The number of carbonyl (C=O) groups is 5. The van der Waals surface area contributed by atoms with E-state index in [0.29, 0.717) is 30.8 Å². The predicted octanol–water partition coefficient (Wildman–Crippen LogP) is -1.40. The van der Waals surface area contributed by atoms with Crippen molar-refractivity contribution in [1.82, 2.24) is 41.2 Å². The van der Waals surface area contributed by atoms with Crippen molar-refractivity contribution in [2.75, 3.05) is 17.6 Å². The Morgan fingerprint density at radius 3 is 2.37 bits per heavy atom. The van der Waals surface area contributed by atoms with Gasteiger partial charge in [-0.1, -0.05) is 0 Å². The maximum absolute atomic E-state index is 12.8. The van der Waals surface area contributed by atoms with E-state index in [1.807, 2.05) is 0 Å². The van der Waals surface area contributed by atoms with Crippen LogP contribution in [0, 0.1) is 5.41 Å². The summed E-state index contributed by atoms with van der Waals surface area (Å²) in [5.41, 5.74) is 11.5. The number of aromatic nitrogens is 4. The summed E-state index contributed by atoms with van der Waals surface area (Å²) in [5.74, 6) is -5.24. The number of guanidine groups is 1. The number of nitrogens with zero attached hydrogens (tertiary/aromatic N) is 3. The third-order valence-electron chi connectivity index (χ3n) is 6.92. The van der Waals surface area contributed by atoms with E-state index in [4.69, 9.17) is 16.9 Å². The molecule has 2 aromatic heterocycles. The topological polar surface area (TPSA) is 333 Å². The molecule has 0 aliphatic carbocycles. The second-order valence-electron chi connectivity index (χ2n) is 10.9. The number of carbonyl (C=O) groups excluding carboxylic acids is 3. The number of amides is 3. The van der Waals surface area contributed by atoms with Gasteiger partial charge < -0.3 is 48.3 Å². The van der Waals surface area contributed by atoms with Gasteiger partial charge in [0.15, 0.2) is 17.1 Å². The number of anilines is 2. The number of rotatable bonds is 18. The molecule has 0 bridgehead atoms. The molecular weight excluding hydrogens is 644 g/mol. The maximum Gasteiger partial charge on any atom is 0.326 e. The first kappa shape index (κ1) is 37.1. The average Bonchev–Trinajstić information content (AvgIpc) is 3.03. The second kappa shape index (κ2) is 17.5. The van der Waals surface area contributed by atoms with Crippen LogP contribution in [0.2, 0.25) is 0 Å². The van der Waals surface area contributed by atoms with Crippen molar-refractivity contribution in [3.05, 3.63) is 52.1 Å². The lowest BCUT2D eigenvalue weighted by Crippen LogP contribution is -2.50. The summed E-state index contributed by atoms with van der Waals surface area (Å²) < 4.78 is 0. The van der Waals surface area contributed by atoms with E-state index < -0.39 is 60.1 Å². The SMILES string of the molecule is C[C@H](CCCNC(=N)N)NC(=O)C(CC(=O)O)NC(=O)CC[C@H](NC(=O)c1ccc(NCc2cnc3nc(N)[nH]c(=O)c3n2)cc1)C(=O)O. The number of aromatic amines is 1. The number of carboxylic acid groups (broad SMARTS) is 2. The van der Waals surface area contributed by atoms with Crippen LogP contribution in [-0.2, 0) is 25.7 Å². The molecule has 1 aromatic carbocycles. The number of hydrogen-bond acceptors (Lipinski definition) is 12. The van der Waals surface area contributed by atoms with E-state index in [1.54, 1.807) is 19.1 Å². The van der Waals surface area contributed by atoms with E-state index in [9.17, 15) is 39.0 Å². The number of benzene rings is 1. The van der Waals surface area contributed by atoms with Gasteiger partial charge in [0, 0.05) is 30.3 Å². The molecule has 13 N–H and O–H groups in total. The standard InChI is InChI=1S/C29H38N12O8/c1-14(3-2-10-33-28(30)31)36-25(46)19(11-21(43)44)38-20(42)9-8-18(27(48)49)39-24(45)15-4-6-16(7-5-15)34-12-17-13-35-23-22(37-17)26(47)41-29(32)40-23/h4-7,13-14,18-19,34H,2-3,8-12H2,1H3,(H,36,46)(H,38,42)(H,39,45)(H,43,44)(H,48,49)(H4,30,31,33)(H3,32,35,40,41,47)/t14-,18+,19?/m1/s1. The van der Waals surface area contributed by atoms with Crippen molar-refractivity contribution in [2.45, 2.75) is 63.7 Å². The van der Waals surface area contributed by atoms with E-state index in [1.165, 1.54) is 18.3 Å². The van der Waals surface area contributed by atoms with Crippen LogP contribution in [0.25, 0.3) is 11.2 Å². The largest absolute Gasteiger partial charge is 0.481 e. The van der Waals surface area contributed by atoms with Gasteiger partial charge in [-0.25, -0.2) is 14.8 Å². The van der Waals surface area contributed by atoms with E-state index in [0.717, 1.165) is 0 Å². The minimum Gasteiger partial charge on any atom is -0.481 e. The number of nitrogen functional groups attached to an aromatic ring is 1. The maximum atomic E-state index is 12.8. The zero-order valence-electron chi connectivity index (χ0n) is 26.4. The highest BCUT2D eigenvalue weighted by Gasteiger charge is 2.27. The first-order valence-corrected chi connectivity index (χ1v) is 15.0. The number of hydrogen-bond donors (Lipinski definition) is 11. The molecule has 0 radical (unpaired) electrons. The molecule has 49 heavy (non-hydrogen) atoms. The first-order valence-electron chi connectivity index (χ1n) is 15.0. The van der Waals surface area contributed by atoms with Gasteiger partial charge >= 0.3 is 11.9 Å². The number of fused-ring (bicyclic) bond motifs is 1. The van der Waals surface area contributed by atoms with Crippen LogP contribution in [0.3, 0.4) is 0 Å². The summed E-state index contributed by atoms with van der Waals surface area (Å²) >= 11 is 0. The average molecular weight is 683 g/mol. The Bertz CT molecular complexity index is 1750. The van der Waals surface area contributed by atoms with Gasteiger partial charge in [0.05, 0.1) is 24.9 Å². The van der Waals surface area contributed by atoms with Gasteiger partial charge in [0.1, 0.15) is 12.1 Å². The lowest BCUT2D eigenvalue weighted by Gasteiger charge is -2.21. The molecule has 0 aliphatic rings. The fraction of sp³-hybridized carbons (Fsp3) is 0.379. The third kappa shape index (κ3) is 12.1.